The number of aromatic nitrogens is 4. The molecular weight excluding hydrogens is 354 g/mol. The molecule has 0 bridgehead atoms. The summed E-state index contributed by atoms with van der Waals surface area (Å²) >= 11 is 0. The lowest BCUT2D eigenvalue weighted by atomic mass is 10.2. The fourth-order valence-corrected chi connectivity index (χ4v) is 3.20. The van der Waals surface area contributed by atoms with Crippen molar-refractivity contribution in [2.45, 2.75) is 20.0 Å². The van der Waals surface area contributed by atoms with Crippen LogP contribution in [0.3, 0.4) is 0 Å². The van der Waals surface area contributed by atoms with Gasteiger partial charge in [-0.05, 0) is 24.6 Å². The lowest BCUT2D eigenvalue weighted by Crippen LogP contribution is -2.29. The van der Waals surface area contributed by atoms with E-state index in [1.165, 1.54) is 10.1 Å². The monoisotopic (exact) mass is 375 g/mol. The summed E-state index contributed by atoms with van der Waals surface area (Å²) in [6, 6.07) is 17.9. The zero-order chi connectivity index (χ0) is 19.7. The molecule has 0 spiro atoms. The first-order chi connectivity index (χ1) is 13.5. The van der Waals surface area contributed by atoms with Gasteiger partial charge in [0.25, 0.3) is 5.56 Å². The summed E-state index contributed by atoms with van der Waals surface area (Å²) in [7, 11) is 1.61. The standard InChI is InChI=1S/C21H21N5O2/c1-14-8-10-16(11-9-14)22-12-17-23-19-18(20(27)24-21(28)25(19)2)26(17)13-15-6-4-3-5-7-15/h3-11,22H,12-13H2,1-2H3,(H,24,27,28). The molecule has 2 heterocycles. The molecule has 7 nitrogen and oxygen atoms in total. The number of benzene rings is 2. The van der Waals surface area contributed by atoms with Gasteiger partial charge in [0, 0.05) is 19.3 Å². The molecule has 0 saturated carbocycles. The number of fused-ring (bicyclic) bond motifs is 1. The highest BCUT2D eigenvalue weighted by Gasteiger charge is 2.17. The van der Waals surface area contributed by atoms with E-state index in [9.17, 15) is 9.59 Å². The third-order valence-electron chi connectivity index (χ3n) is 4.77. The van der Waals surface area contributed by atoms with Gasteiger partial charge in [-0.2, -0.15) is 0 Å². The van der Waals surface area contributed by atoms with E-state index in [0.717, 1.165) is 11.3 Å². The number of aromatic amines is 1. The number of hydrogen-bond donors (Lipinski definition) is 2. The van der Waals surface area contributed by atoms with Crippen LogP contribution in [0.25, 0.3) is 11.2 Å². The van der Waals surface area contributed by atoms with Gasteiger partial charge < -0.3 is 9.88 Å². The van der Waals surface area contributed by atoms with E-state index in [4.69, 9.17) is 0 Å². The summed E-state index contributed by atoms with van der Waals surface area (Å²) in [5.41, 5.74) is 3.07. The van der Waals surface area contributed by atoms with Gasteiger partial charge in [0.05, 0.1) is 6.54 Å². The minimum atomic E-state index is -0.472. The lowest BCUT2D eigenvalue weighted by Gasteiger charge is -2.11. The van der Waals surface area contributed by atoms with Crippen molar-refractivity contribution in [2.75, 3.05) is 5.32 Å². The van der Waals surface area contributed by atoms with Crippen LogP contribution in [0.1, 0.15) is 17.0 Å². The Hall–Kier alpha value is -3.61. The third kappa shape index (κ3) is 3.34. The second kappa shape index (κ2) is 7.19. The number of imidazole rings is 1. The van der Waals surface area contributed by atoms with E-state index in [1.54, 1.807) is 7.05 Å². The van der Waals surface area contributed by atoms with E-state index < -0.39 is 11.2 Å². The minimum absolute atomic E-state index is 0.380. The number of H-pyrrole nitrogens is 1. The molecule has 2 aromatic heterocycles. The predicted octanol–water partition coefficient (Wildman–Crippen LogP) is 2.39. The number of nitrogens with one attached hydrogen (secondary N) is 2. The van der Waals surface area contributed by atoms with Crippen molar-refractivity contribution >= 4 is 16.9 Å². The van der Waals surface area contributed by atoms with E-state index in [0.29, 0.717) is 30.1 Å². The van der Waals surface area contributed by atoms with Gasteiger partial charge >= 0.3 is 5.69 Å². The van der Waals surface area contributed by atoms with Gasteiger partial charge in [0.1, 0.15) is 5.82 Å². The van der Waals surface area contributed by atoms with Crippen LogP contribution >= 0.6 is 0 Å². The molecule has 4 aromatic rings. The van der Waals surface area contributed by atoms with Gasteiger partial charge in [-0.15, -0.1) is 0 Å². The average molecular weight is 375 g/mol. The molecule has 0 unspecified atom stereocenters. The maximum atomic E-state index is 12.5. The number of rotatable bonds is 5. The van der Waals surface area contributed by atoms with Crippen molar-refractivity contribution in [1.82, 2.24) is 19.1 Å². The number of nitrogens with zero attached hydrogens (tertiary/aromatic N) is 3. The Morgan fingerprint density at radius 3 is 2.46 bits per heavy atom. The van der Waals surface area contributed by atoms with Crippen LogP contribution < -0.4 is 16.6 Å². The van der Waals surface area contributed by atoms with Gasteiger partial charge in [-0.25, -0.2) is 9.78 Å². The van der Waals surface area contributed by atoms with E-state index in [-0.39, 0.29) is 0 Å². The highest BCUT2D eigenvalue weighted by Crippen LogP contribution is 2.16. The largest absolute Gasteiger partial charge is 0.378 e. The van der Waals surface area contributed by atoms with Crippen LogP contribution in [0.15, 0.2) is 64.2 Å². The Morgan fingerprint density at radius 2 is 1.75 bits per heavy atom. The van der Waals surface area contributed by atoms with Crippen molar-refractivity contribution in [3.63, 3.8) is 0 Å². The average Bonchev–Trinajstić information content (AvgIpc) is 3.05. The Labute approximate surface area is 161 Å². The SMILES string of the molecule is Cc1ccc(NCc2nc3c(c(=O)[nH]c(=O)n3C)n2Cc2ccccc2)cc1. The molecule has 0 aliphatic rings. The van der Waals surface area contributed by atoms with Gasteiger partial charge in [0.2, 0.25) is 0 Å². The molecule has 0 aliphatic carbocycles. The topological polar surface area (TPSA) is 84.7 Å². The van der Waals surface area contributed by atoms with E-state index in [2.05, 4.69) is 15.3 Å². The molecule has 28 heavy (non-hydrogen) atoms. The highest BCUT2D eigenvalue weighted by atomic mass is 16.2. The number of hydrogen-bond acceptors (Lipinski definition) is 4. The molecule has 0 radical (unpaired) electrons. The molecule has 4 rings (SSSR count). The third-order valence-corrected chi connectivity index (χ3v) is 4.77. The van der Waals surface area contributed by atoms with Crippen molar-refractivity contribution in [2.24, 2.45) is 7.05 Å². The first kappa shape index (κ1) is 17.8. The van der Waals surface area contributed by atoms with Gasteiger partial charge in [-0.1, -0.05) is 48.0 Å². The molecule has 2 aromatic carbocycles. The smallest absolute Gasteiger partial charge is 0.329 e. The summed E-state index contributed by atoms with van der Waals surface area (Å²) in [5, 5.41) is 3.35. The van der Waals surface area contributed by atoms with Gasteiger partial charge in [0.15, 0.2) is 11.2 Å². The van der Waals surface area contributed by atoms with Crippen LogP contribution in [0.4, 0.5) is 5.69 Å². The molecule has 2 N–H and O–H groups in total. The van der Waals surface area contributed by atoms with Crippen molar-refractivity contribution < 1.29 is 0 Å². The van der Waals surface area contributed by atoms with Crippen molar-refractivity contribution in [3.05, 3.63) is 92.4 Å². The number of aryl methyl sites for hydroxylation is 2. The maximum Gasteiger partial charge on any atom is 0.329 e. The molecule has 7 heteroatoms. The summed E-state index contributed by atoms with van der Waals surface area (Å²) in [6.07, 6.45) is 0. The Balaban J connectivity index is 1.79. The molecule has 0 saturated heterocycles. The van der Waals surface area contributed by atoms with Crippen LogP contribution in [0.5, 0.6) is 0 Å². The van der Waals surface area contributed by atoms with Gasteiger partial charge in [-0.3, -0.25) is 14.3 Å². The number of anilines is 1. The quantitative estimate of drug-likeness (QED) is 0.561. The normalized spacial score (nSPS) is 11.1. The fraction of sp³-hybridized carbons (Fsp3) is 0.190. The fourth-order valence-electron chi connectivity index (χ4n) is 3.20. The second-order valence-corrected chi connectivity index (χ2v) is 6.81. The van der Waals surface area contributed by atoms with Crippen LogP contribution in [-0.4, -0.2) is 19.1 Å². The maximum absolute atomic E-state index is 12.5. The van der Waals surface area contributed by atoms with Crippen LogP contribution in [0.2, 0.25) is 0 Å². The predicted molar refractivity (Wildman–Crippen MR) is 110 cm³/mol. The molecule has 0 fully saturated rings. The summed E-state index contributed by atoms with van der Waals surface area (Å²) in [4.78, 5) is 31.5. The molecule has 0 aliphatic heterocycles. The first-order valence-corrected chi connectivity index (χ1v) is 9.06. The zero-order valence-electron chi connectivity index (χ0n) is 15.8. The Morgan fingerprint density at radius 1 is 1.04 bits per heavy atom. The Kier molecular flexibility index (Phi) is 4.57. The lowest BCUT2D eigenvalue weighted by molar-refractivity contribution is 0.753. The van der Waals surface area contributed by atoms with Crippen LogP contribution in [-0.2, 0) is 20.1 Å². The second-order valence-electron chi connectivity index (χ2n) is 6.81. The van der Waals surface area contributed by atoms with E-state index >= 15 is 0 Å². The summed E-state index contributed by atoms with van der Waals surface area (Å²) in [5.74, 6) is 0.686. The first-order valence-electron chi connectivity index (χ1n) is 9.06. The van der Waals surface area contributed by atoms with Crippen LogP contribution in [0, 0.1) is 6.92 Å². The molecular formula is C21H21N5O2. The minimum Gasteiger partial charge on any atom is -0.378 e. The molecule has 0 amide bonds. The highest BCUT2D eigenvalue weighted by molar-refractivity contribution is 5.71. The summed E-state index contributed by atoms with van der Waals surface area (Å²) in [6.45, 7) is 2.96. The Bertz CT molecular complexity index is 1230. The van der Waals surface area contributed by atoms with E-state index in [1.807, 2.05) is 66.1 Å². The van der Waals surface area contributed by atoms with Crippen molar-refractivity contribution in [3.8, 4) is 0 Å². The van der Waals surface area contributed by atoms with Crippen molar-refractivity contribution in [1.29, 1.82) is 0 Å². The zero-order valence-corrected chi connectivity index (χ0v) is 15.8. The summed E-state index contributed by atoms with van der Waals surface area (Å²) < 4.78 is 3.23. The molecule has 142 valence electrons. The molecule has 0 atom stereocenters.